The van der Waals surface area contributed by atoms with E-state index in [1.807, 2.05) is 0 Å². The van der Waals surface area contributed by atoms with E-state index in [-0.39, 0.29) is 16.3 Å². The molecule has 0 aromatic heterocycles. The third kappa shape index (κ3) is 3.51. The summed E-state index contributed by atoms with van der Waals surface area (Å²) in [5, 5.41) is 3.05. The quantitative estimate of drug-likeness (QED) is 0.400. The van der Waals surface area contributed by atoms with Crippen molar-refractivity contribution in [2.75, 3.05) is 5.73 Å². The predicted molar refractivity (Wildman–Crippen MR) is 78.5 cm³/mol. The van der Waals surface area contributed by atoms with E-state index < -0.39 is 11.7 Å². The second-order valence-electron chi connectivity index (χ2n) is 4.34. The second-order valence-corrected chi connectivity index (χ2v) is 4.75. The van der Waals surface area contributed by atoms with E-state index >= 15 is 0 Å². The highest BCUT2D eigenvalue weighted by Gasteiger charge is 2.09. The third-order valence-electron chi connectivity index (χ3n) is 2.87. The molecule has 0 aliphatic rings. The van der Waals surface area contributed by atoms with Gasteiger partial charge in [0.05, 0.1) is 5.02 Å². The van der Waals surface area contributed by atoms with Gasteiger partial charge in [0.25, 0.3) is 5.91 Å². The minimum absolute atomic E-state index is 0.0635. The van der Waals surface area contributed by atoms with E-state index in [4.69, 9.17) is 22.9 Å². The van der Waals surface area contributed by atoms with Crippen molar-refractivity contribution in [2.45, 2.75) is 6.42 Å². The summed E-state index contributed by atoms with van der Waals surface area (Å²) in [6.45, 7) is 0. The summed E-state index contributed by atoms with van der Waals surface area (Å²) < 4.78 is 13.4. The van der Waals surface area contributed by atoms with Gasteiger partial charge >= 0.3 is 0 Å². The van der Waals surface area contributed by atoms with Crippen LogP contribution in [0.25, 0.3) is 10.4 Å². The fourth-order valence-electron chi connectivity index (χ4n) is 1.90. The summed E-state index contributed by atoms with van der Waals surface area (Å²) in [7, 11) is 0. The number of nitrogens with zero attached hydrogens (tertiary/aromatic N) is 3. The Morgan fingerprint density at radius 1 is 1.29 bits per heavy atom. The smallest absolute Gasteiger partial charge is 0.251 e. The number of carbonyl (C=O) groups excluding carboxylic acids is 1. The average molecular weight is 305 g/mol. The summed E-state index contributed by atoms with van der Waals surface area (Å²) in [4.78, 5) is 13.9. The lowest BCUT2D eigenvalue weighted by Crippen LogP contribution is -2.01. The summed E-state index contributed by atoms with van der Waals surface area (Å²) in [6, 6.07) is 9.27. The molecule has 21 heavy (non-hydrogen) atoms. The summed E-state index contributed by atoms with van der Waals surface area (Å²) in [5.74, 6) is -1.23. The van der Waals surface area contributed by atoms with Crippen LogP contribution in [0.5, 0.6) is 0 Å². The number of anilines is 1. The van der Waals surface area contributed by atoms with Crippen LogP contribution in [0.15, 0.2) is 41.5 Å². The second kappa shape index (κ2) is 6.26. The van der Waals surface area contributed by atoms with Gasteiger partial charge in [-0.15, -0.1) is 0 Å². The Kier molecular flexibility index (Phi) is 4.42. The van der Waals surface area contributed by atoms with E-state index in [2.05, 4.69) is 10.0 Å². The molecule has 2 N–H and O–H groups in total. The Morgan fingerprint density at radius 2 is 1.95 bits per heavy atom. The van der Waals surface area contributed by atoms with E-state index in [0.29, 0.717) is 6.42 Å². The Morgan fingerprint density at radius 3 is 2.57 bits per heavy atom. The van der Waals surface area contributed by atoms with Gasteiger partial charge in [-0.1, -0.05) is 23.7 Å². The lowest BCUT2D eigenvalue weighted by atomic mass is 10.0. The van der Waals surface area contributed by atoms with Crippen LogP contribution in [0.2, 0.25) is 5.02 Å². The lowest BCUT2D eigenvalue weighted by molar-refractivity contribution is 0.100. The van der Waals surface area contributed by atoms with Crippen LogP contribution >= 0.6 is 11.6 Å². The number of hydrogen-bond donors (Lipinski definition) is 1. The van der Waals surface area contributed by atoms with Crippen molar-refractivity contribution in [3.63, 3.8) is 0 Å². The number of azide groups is 1. The molecule has 0 unspecified atom stereocenters. The zero-order chi connectivity index (χ0) is 15.4. The van der Waals surface area contributed by atoms with Gasteiger partial charge in [-0.25, -0.2) is 4.39 Å². The molecule has 1 amide bonds. The predicted octanol–water partition coefficient (Wildman–Crippen LogP) is 4.10. The summed E-state index contributed by atoms with van der Waals surface area (Å²) in [6.07, 6.45) is 0.439. The number of hydrogen-bond acceptors (Lipinski definition) is 2. The summed E-state index contributed by atoms with van der Waals surface area (Å²) in [5.41, 5.74) is 15.9. The fourth-order valence-corrected chi connectivity index (χ4v) is 2.01. The molecule has 7 heteroatoms. The highest BCUT2D eigenvalue weighted by Crippen LogP contribution is 2.21. The van der Waals surface area contributed by atoms with Gasteiger partial charge in [-0.05, 0) is 52.5 Å². The van der Waals surface area contributed by atoms with Crippen LogP contribution < -0.4 is 5.73 Å². The van der Waals surface area contributed by atoms with E-state index in [0.717, 1.165) is 11.1 Å². The van der Waals surface area contributed by atoms with Gasteiger partial charge < -0.3 is 5.73 Å². The molecule has 0 saturated heterocycles. The van der Waals surface area contributed by atoms with Crippen LogP contribution in [0.4, 0.5) is 10.1 Å². The maximum atomic E-state index is 13.4. The number of nitrogens with two attached hydrogens (primary N) is 1. The van der Waals surface area contributed by atoms with Crippen molar-refractivity contribution >= 4 is 23.2 Å². The molecule has 2 rings (SSSR count). The number of halogens is 2. The molecule has 2 aromatic carbocycles. The number of benzene rings is 2. The number of rotatable bonds is 3. The molecule has 2 aromatic rings. The van der Waals surface area contributed by atoms with Crippen molar-refractivity contribution in [1.29, 1.82) is 0 Å². The highest BCUT2D eigenvalue weighted by atomic mass is 35.5. The first kappa shape index (κ1) is 14.8. The SMILES string of the molecule is [N-]=[N+]=NC(=O)c1ccc(Cc2ccc(Cl)c(F)c2)cc1N. The maximum absolute atomic E-state index is 13.4. The molecule has 0 atom stereocenters. The van der Waals surface area contributed by atoms with E-state index in [1.165, 1.54) is 18.2 Å². The van der Waals surface area contributed by atoms with Crippen molar-refractivity contribution in [1.82, 2.24) is 0 Å². The highest BCUT2D eigenvalue weighted by molar-refractivity contribution is 6.30. The Labute approximate surface area is 124 Å². The summed E-state index contributed by atoms with van der Waals surface area (Å²) >= 11 is 5.62. The molecule has 0 radical (unpaired) electrons. The van der Waals surface area contributed by atoms with E-state index in [9.17, 15) is 9.18 Å². The first-order chi connectivity index (χ1) is 10.0. The van der Waals surface area contributed by atoms with Crippen LogP contribution in [0.3, 0.4) is 0 Å². The molecule has 0 heterocycles. The first-order valence-electron chi connectivity index (χ1n) is 5.93. The monoisotopic (exact) mass is 304 g/mol. The molecular formula is C14H10ClFN4O. The van der Waals surface area contributed by atoms with Gasteiger partial charge in [0.2, 0.25) is 0 Å². The van der Waals surface area contributed by atoms with Crippen LogP contribution in [0, 0.1) is 5.82 Å². The molecular weight excluding hydrogens is 295 g/mol. The molecule has 5 nitrogen and oxygen atoms in total. The Balaban J connectivity index is 2.26. The molecule has 0 aliphatic carbocycles. The minimum Gasteiger partial charge on any atom is -0.398 e. The van der Waals surface area contributed by atoms with Crippen LogP contribution in [0.1, 0.15) is 21.5 Å². The topological polar surface area (TPSA) is 91.9 Å². The number of carbonyl (C=O) groups is 1. The van der Waals surface area contributed by atoms with Crippen LogP contribution in [-0.4, -0.2) is 5.91 Å². The van der Waals surface area contributed by atoms with Gasteiger partial charge in [0, 0.05) is 16.2 Å². The standard InChI is InChI=1S/C14H10ClFN4O/c15-11-4-2-8(6-12(11)16)5-9-1-3-10(13(17)7-9)14(21)19-20-18/h1-4,6-7H,5,17H2. The number of amides is 1. The maximum Gasteiger partial charge on any atom is 0.251 e. The molecule has 0 saturated carbocycles. The largest absolute Gasteiger partial charge is 0.398 e. The van der Waals surface area contributed by atoms with Gasteiger partial charge in [0.1, 0.15) is 5.82 Å². The van der Waals surface area contributed by atoms with E-state index in [1.54, 1.807) is 18.2 Å². The van der Waals surface area contributed by atoms with Gasteiger partial charge in [0.15, 0.2) is 0 Å². The fraction of sp³-hybridized carbons (Fsp3) is 0.0714. The van der Waals surface area contributed by atoms with Crippen molar-refractivity contribution in [3.8, 4) is 0 Å². The van der Waals surface area contributed by atoms with Gasteiger partial charge in [-0.3, -0.25) is 4.79 Å². The zero-order valence-corrected chi connectivity index (χ0v) is 11.5. The molecule has 0 fully saturated rings. The number of nitrogen functional groups attached to an aromatic ring is 1. The molecule has 0 aliphatic heterocycles. The lowest BCUT2D eigenvalue weighted by Gasteiger charge is -2.07. The molecule has 0 bridgehead atoms. The van der Waals surface area contributed by atoms with Crippen molar-refractivity contribution < 1.29 is 9.18 Å². The van der Waals surface area contributed by atoms with Gasteiger partial charge in [-0.2, -0.15) is 0 Å². The molecule has 106 valence electrons. The molecule has 0 spiro atoms. The van der Waals surface area contributed by atoms with Crippen molar-refractivity contribution in [2.24, 2.45) is 5.11 Å². The normalized spacial score (nSPS) is 10.0. The van der Waals surface area contributed by atoms with Crippen LogP contribution in [-0.2, 0) is 6.42 Å². The first-order valence-corrected chi connectivity index (χ1v) is 6.31. The third-order valence-corrected chi connectivity index (χ3v) is 3.18. The van der Waals surface area contributed by atoms with Crippen molar-refractivity contribution in [3.05, 3.63) is 74.4 Å². The Hall–Kier alpha value is -2.56. The Bertz CT molecular complexity index is 757. The zero-order valence-electron chi connectivity index (χ0n) is 10.8. The minimum atomic E-state index is -0.737. The average Bonchev–Trinajstić information content (AvgIpc) is 2.43.